The van der Waals surface area contributed by atoms with Gasteiger partial charge < -0.3 is 10.2 Å². The Morgan fingerprint density at radius 3 is 2.56 bits per heavy atom. The molecule has 25 heavy (non-hydrogen) atoms. The summed E-state index contributed by atoms with van der Waals surface area (Å²) in [4.78, 5) is 14.8. The highest BCUT2D eigenvalue weighted by molar-refractivity contribution is 9.10. The van der Waals surface area contributed by atoms with Gasteiger partial charge in [0.15, 0.2) is 9.84 Å². The molecule has 3 rings (SSSR count). The number of carbonyl (C=O) groups excluding carboxylic acids is 1. The molecule has 0 spiro atoms. The Bertz CT molecular complexity index is 899. The van der Waals surface area contributed by atoms with Crippen LogP contribution in [0.3, 0.4) is 0 Å². The molecule has 1 saturated heterocycles. The maximum Gasteiger partial charge on any atom is 0.252 e. The fraction of sp³-hybridized carbons (Fsp3) is 0.278. The molecule has 1 fully saturated rings. The second-order valence-electron chi connectivity index (χ2n) is 6.12. The van der Waals surface area contributed by atoms with Crippen LogP contribution in [0.15, 0.2) is 57.9 Å². The van der Waals surface area contributed by atoms with Gasteiger partial charge in [0.1, 0.15) is 0 Å². The number of rotatable bonds is 4. The van der Waals surface area contributed by atoms with Crippen LogP contribution in [-0.4, -0.2) is 39.7 Å². The Hall–Kier alpha value is -1.86. The van der Waals surface area contributed by atoms with Crippen molar-refractivity contribution in [1.82, 2.24) is 5.32 Å². The molecule has 0 aromatic heterocycles. The van der Waals surface area contributed by atoms with Gasteiger partial charge in [-0.15, -0.1) is 0 Å². The molecular weight excluding hydrogens is 404 g/mol. The average Bonchev–Trinajstić information content (AvgIpc) is 3.02. The van der Waals surface area contributed by atoms with Crippen molar-refractivity contribution < 1.29 is 13.2 Å². The number of halogens is 1. The first-order chi connectivity index (χ1) is 11.9. The summed E-state index contributed by atoms with van der Waals surface area (Å²) < 4.78 is 24.8. The second-order valence-corrected chi connectivity index (χ2v) is 8.96. The zero-order valence-electron chi connectivity index (χ0n) is 13.8. The highest BCUT2D eigenvalue weighted by atomic mass is 79.9. The topological polar surface area (TPSA) is 66.5 Å². The molecule has 1 unspecified atom stereocenters. The van der Waals surface area contributed by atoms with Crippen LogP contribution in [0.1, 0.15) is 16.8 Å². The molecule has 0 aliphatic carbocycles. The molecule has 1 N–H and O–H groups in total. The summed E-state index contributed by atoms with van der Waals surface area (Å²) in [5.41, 5.74) is 1.29. The quantitative estimate of drug-likeness (QED) is 0.822. The van der Waals surface area contributed by atoms with Crippen molar-refractivity contribution in [3.05, 3.63) is 58.6 Å². The van der Waals surface area contributed by atoms with E-state index in [2.05, 4.69) is 26.1 Å². The summed E-state index contributed by atoms with van der Waals surface area (Å²) in [6, 6.07) is 14.3. The molecule has 1 heterocycles. The molecule has 2 aromatic carbocycles. The van der Waals surface area contributed by atoms with Gasteiger partial charge in [0, 0.05) is 29.9 Å². The number of nitrogens with one attached hydrogen (secondary N) is 1. The zero-order valence-corrected chi connectivity index (χ0v) is 16.2. The minimum Gasteiger partial charge on any atom is -0.368 e. The lowest BCUT2D eigenvalue weighted by molar-refractivity contribution is 0.0937. The highest BCUT2D eigenvalue weighted by Crippen LogP contribution is 2.28. The number of sulfone groups is 1. The molecule has 1 aliphatic heterocycles. The number of carbonyl (C=O) groups is 1. The Morgan fingerprint density at radius 1 is 1.16 bits per heavy atom. The zero-order chi connectivity index (χ0) is 18.0. The fourth-order valence-corrected chi connectivity index (χ4v) is 4.47. The number of anilines is 1. The smallest absolute Gasteiger partial charge is 0.252 e. The lowest BCUT2D eigenvalue weighted by Gasteiger charge is -2.20. The van der Waals surface area contributed by atoms with Crippen LogP contribution in [0, 0.1) is 0 Å². The molecule has 1 amide bonds. The van der Waals surface area contributed by atoms with Crippen LogP contribution >= 0.6 is 15.9 Å². The number of benzene rings is 2. The first-order valence-corrected chi connectivity index (χ1v) is 10.6. The van der Waals surface area contributed by atoms with Crippen molar-refractivity contribution in [2.45, 2.75) is 17.4 Å². The maximum atomic E-state index is 12.6. The molecule has 5 nitrogen and oxygen atoms in total. The van der Waals surface area contributed by atoms with E-state index in [1.165, 1.54) is 6.07 Å². The van der Waals surface area contributed by atoms with Gasteiger partial charge in [0.2, 0.25) is 0 Å². The van der Waals surface area contributed by atoms with E-state index in [-0.39, 0.29) is 22.4 Å². The third kappa shape index (κ3) is 4.04. The predicted molar refractivity (Wildman–Crippen MR) is 102 cm³/mol. The van der Waals surface area contributed by atoms with E-state index in [1.807, 2.05) is 24.3 Å². The van der Waals surface area contributed by atoms with Gasteiger partial charge in [0.25, 0.3) is 5.91 Å². The Balaban J connectivity index is 1.73. The predicted octanol–water partition coefficient (Wildman–Crippen LogP) is 2.86. The van der Waals surface area contributed by atoms with E-state index in [0.29, 0.717) is 6.54 Å². The molecule has 2 aromatic rings. The fourth-order valence-electron chi connectivity index (χ4n) is 3.05. The number of para-hydroxylation sites is 1. The normalized spacial score (nSPS) is 17.5. The molecule has 1 atom stereocenters. The van der Waals surface area contributed by atoms with Crippen molar-refractivity contribution in [2.75, 3.05) is 24.2 Å². The third-order valence-electron chi connectivity index (χ3n) is 4.25. The van der Waals surface area contributed by atoms with Gasteiger partial charge in [-0.2, -0.15) is 0 Å². The van der Waals surface area contributed by atoms with Gasteiger partial charge in [-0.05, 0) is 46.6 Å². The molecule has 132 valence electrons. The van der Waals surface area contributed by atoms with E-state index in [4.69, 9.17) is 0 Å². The summed E-state index contributed by atoms with van der Waals surface area (Å²) in [6.07, 6.45) is 1.93. The lowest BCUT2D eigenvalue weighted by Crippen LogP contribution is -2.37. The number of hydrogen-bond acceptors (Lipinski definition) is 4. The SMILES string of the molecule is CS(=O)(=O)c1ccccc1C(=O)NC1CCN(c2ccccc2Br)C1. The van der Waals surface area contributed by atoms with Crippen LogP contribution in [0.5, 0.6) is 0 Å². The first-order valence-electron chi connectivity index (χ1n) is 7.95. The van der Waals surface area contributed by atoms with E-state index < -0.39 is 9.84 Å². The van der Waals surface area contributed by atoms with E-state index >= 15 is 0 Å². The largest absolute Gasteiger partial charge is 0.368 e. The van der Waals surface area contributed by atoms with E-state index in [0.717, 1.165) is 29.4 Å². The van der Waals surface area contributed by atoms with Crippen LogP contribution in [0.2, 0.25) is 0 Å². The van der Waals surface area contributed by atoms with Gasteiger partial charge in [0.05, 0.1) is 16.1 Å². The molecule has 0 radical (unpaired) electrons. The second kappa shape index (κ2) is 7.17. The number of hydrogen-bond donors (Lipinski definition) is 1. The van der Waals surface area contributed by atoms with Crippen molar-refractivity contribution >= 4 is 37.4 Å². The van der Waals surface area contributed by atoms with Crippen molar-refractivity contribution in [1.29, 1.82) is 0 Å². The monoisotopic (exact) mass is 422 g/mol. The van der Waals surface area contributed by atoms with Crippen LogP contribution in [0.4, 0.5) is 5.69 Å². The number of nitrogens with zero attached hydrogens (tertiary/aromatic N) is 1. The summed E-state index contributed by atoms with van der Waals surface area (Å²) in [7, 11) is -3.45. The summed E-state index contributed by atoms with van der Waals surface area (Å²) in [6.45, 7) is 1.52. The number of amides is 1. The Labute approximate surface area is 156 Å². The van der Waals surface area contributed by atoms with E-state index in [9.17, 15) is 13.2 Å². The van der Waals surface area contributed by atoms with Crippen LogP contribution < -0.4 is 10.2 Å². The first kappa shape index (κ1) is 17.9. The van der Waals surface area contributed by atoms with Crippen molar-refractivity contribution in [3.63, 3.8) is 0 Å². The minimum absolute atomic E-state index is 0.0211. The summed E-state index contributed by atoms with van der Waals surface area (Å²) >= 11 is 3.55. The molecule has 7 heteroatoms. The molecule has 1 aliphatic rings. The van der Waals surface area contributed by atoms with Gasteiger partial charge in [-0.1, -0.05) is 24.3 Å². The van der Waals surface area contributed by atoms with Crippen LogP contribution in [-0.2, 0) is 9.84 Å². The third-order valence-corrected chi connectivity index (χ3v) is 6.07. The van der Waals surface area contributed by atoms with Crippen LogP contribution in [0.25, 0.3) is 0 Å². The average molecular weight is 423 g/mol. The van der Waals surface area contributed by atoms with Gasteiger partial charge in [-0.25, -0.2) is 8.42 Å². The minimum atomic E-state index is -3.45. The maximum absolute atomic E-state index is 12.6. The lowest BCUT2D eigenvalue weighted by atomic mass is 10.2. The van der Waals surface area contributed by atoms with Gasteiger partial charge in [-0.3, -0.25) is 4.79 Å². The van der Waals surface area contributed by atoms with Crippen molar-refractivity contribution in [2.24, 2.45) is 0 Å². The summed E-state index contributed by atoms with van der Waals surface area (Å²) in [5, 5.41) is 2.97. The standard InChI is InChI=1S/C18H19BrN2O3S/c1-25(23,24)17-9-5-2-6-14(17)18(22)20-13-10-11-21(12-13)16-8-4-3-7-15(16)19/h2-9,13H,10-12H2,1H3,(H,20,22). The van der Waals surface area contributed by atoms with E-state index in [1.54, 1.807) is 18.2 Å². The Kier molecular flexibility index (Phi) is 5.15. The molecule has 0 bridgehead atoms. The summed E-state index contributed by atoms with van der Waals surface area (Å²) in [5.74, 6) is -0.347. The van der Waals surface area contributed by atoms with Gasteiger partial charge >= 0.3 is 0 Å². The Morgan fingerprint density at radius 2 is 1.84 bits per heavy atom. The molecule has 0 saturated carbocycles. The molecular formula is C18H19BrN2O3S. The van der Waals surface area contributed by atoms with Crippen molar-refractivity contribution in [3.8, 4) is 0 Å². The highest BCUT2D eigenvalue weighted by Gasteiger charge is 2.27.